The van der Waals surface area contributed by atoms with Crippen LogP contribution in [0.2, 0.25) is 0 Å². The maximum atomic E-state index is 12.2. The average molecular weight is 334 g/mol. The van der Waals surface area contributed by atoms with Crippen molar-refractivity contribution in [3.63, 3.8) is 0 Å². The van der Waals surface area contributed by atoms with Crippen molar-refractivity contribution in [2.45, 2.75) is 30.2 Å². The molecule has 0 atom stereocenters. The lowest BCUT2D eigenvalue weighted by Gasteiger charge is -2.26. The van der Waals surface area contributed by atoms with Crippen LogP contribution < -0.4 is 14.8 Å². The fourth-order valence-electron chi connectivity index (χ4n) is 2.05. The van der Waals surface area contributed by atoms with E-state index in [1.165, 1.54) is 26.4 Å². The number of nitrogens with one attached hydrogen (secondary N) is 1. The number of carbonyl (C=O) groups excluding carboxylic acids is 1. The standard InChI is InChI=1S/C13H16ClNO5S/c1-19-10-7-11(20-2)12(21(14,17)18)6-9(10)13(16)15-8-4-3-5-8/h6-8H,3-5H2,1-2H3,(H,15,16). The zero-order valence-electron chi connectivity index (χ0n) is 11.7. The topological polar surface area (TPSA) is 81.7 Å². The molecule has 2 rings (SSSR count). The van der Waals surface area contributed by atoms with Gasteiger partial charge in [0.25, 0.3) is 15.0 Å². The highest BCUT2D eigenvalue weighted by Gasteiger charge is 2.26. The molecular formula is C13H16ClNO5S. The molecule has 0 aliphatic heterocycles. The Morgan fingerprint density at radius 3 is 2.29 bits per heavy atom. The van der Waals surface area contributed by atoms with E-state index in [0.29, 0.717) is 0 Å². The second-order valence-corrected chi connectivity index (χ2v) is 7.28. The third-order valence-corrected chi connectivity index (χ3v) is 4.78. The number of methoxy groups -OCH3 is 2. The number of rotatable bonds is 5. The summed E-state index contributed by atoms with van der Waals surface area (Å²) in [6.45, 7) is 0. The van der Waals surface area contributed by atoms with Crippen LogP contribution in [0.1, 0.15) is 29.6 Å². The summed E-state index contributed by atoms with van der Waals surface area (Å²) in [5.41, 5.74) is 0.115. The molecule has 0 bridgehead atoms. The highest BCUT2D eigenvalue weighted by Crippen LogP contribution is 2.34. The van der Waals surface area contributed by atoms with Gasteiger partial charge in [0.15, 0.2) is 0 Å². The monoisotopic (exact) mass is 333 g/mol. The summed E-state index contributed by atoms with van der Waals surface area (Å²) >= 11 is 0. The van der Waals surface area contributed by atoms with Gasteiger partial charge < -0.3 is 14.8 Å². The molecule has 1 fully saturated rings. The van der Waals surface area contributed by atoms with Crippen LogP contribution in [-0.2, 0) is 9.05 Å². The molecule has 8 heteroatoms. The van der Waals surface area contributed by atoms with Gasteiger partial charge in [0, 0.05) is 22.8 Å². The van der Waals surface area contributed by atoms with Crippen LogP contribution in [0, 0.1) is 0 Å². The lowest BCUT2D eigenvalue weighted by molar-refractivity contribution is 0.0913. The first-order valence-electron chi connectivity index (χ1n) is 6.38. The summed E-state index contributed by atoms with van der Waals surface area (Å²) in [6, 6.07) is 2.64. The molecule has 1 amide bonds. The largest absolute Gasteiger partial charge is 0.496 e. The molecule has 1 N–H and O–H groups in total. The minimum atomic E-state index is -4.03. The van der Waals surface area contributed by atoms with Crippen LogP contribution in [0.3, 0.4) is 0 Å². The van der Waals surface area contributed by atoms with E-state index in [0.717, 1.165) is 19.3 Å². The van der Waals surface area contributed by atoms with Gasteiger partial charge in [0.2, 0.25) is 0 Å². The molecule has 1 saturated carbocycles. The Labute approximate surface area is 127 Å². The van der Waals surface area contributed by atoms with Crippen LogP contribution in [0.25, 0.3) is 0 Å². The normalized spacial score (nSPS) is 15.2. The summed E-state index contributed by atoms with van der Waals surface area (Å²) < 4.78 is 33.3. The predicted molar refractivity (Wildman–Crippen MR) is 77.7 cm³/mol. The molecule has 0 spiro atoms. The van der Waals surface area contributed by atoms with E-state index in [1.54, 1.807) is 0 Å². The molecule has 0 heterocycles. The van der Waals surface area contributed by atoms with Crippen molar-refractivity contribution in [1.29, 1.82) is 0 Å². The smallest absolute Gasteiger partial charge is 0.265 e. The summed E-state index contributed by atoms with van der Waals surface area (Å²) in [7, 11) is 4.05. The van der Waals surface area contributed by atoms with Gasteiger partial charge in [-0.2, -0.15) is 0 Å². The molecule has 0 radical (unpaired) electrons. The van der Waals surface area contributed by atoms with Gasteiger partial charge in [-0.15, -0.1) is 0 Å². The highest BCUT2D eigenvalue weighted by atomic mass is 35.7. The second-order valence-electron chi connectivity index (χ2n) is 4.74. The number of amides is 1. The van der Waals surface area contributed by atoms with Crippen LogP contribution in [0.15, 0.2) is 17.0 Å². The SMILES string of the molecule is COc1cc(OC)c(S(=O)(=O)Cl)cc1C(=O)NC1CCC1. The fourth-order valence-corrected chi connectivity index (χ4v) is 3.06. The van der Waals surface area contributed by atoms with E-state index < -0.39 is 9.05 Å². The lowest BCUT2D eigenvalue weighted by Crippen LogP contribution is -2.39. The highest BCUT2D eigenvalue weighted by molar-refractivity contribution is 8.13. The molecule has 1 aromatic carbocycles. The van der Waals surface area contributed by atoms with Crippen molar-refractivity contribution < 1.29 is 22.7 Å². The van der Waals surface area contributed by atoms with Crippen molar-refractivity contribution in [1.82, 2.24) is 5.32 Å². The van der Waals surface area contributed by atoms with Crippen molar-refractivity contribution in [3.05, 3.63) is 17.7 Å². The van der Waals surface area contributed by atoms with Gasteiger partial charge >= 0.3 is 0 Å². The molecule has 0 unspecified atom stereocenters. The first-order chi connectivity index (χ1) is 9.86. The molecule has 1 aromatic rings. The van der Waals surface area contributed by atoms with Gasteiger partial charge in [-0.1, -0.05) is 0 Å². The van der Waals surface area contributed by atoms with E-state index in [-0.39, 0.29) is 33.9 Å². The molecular weight excluding hydrogens is 318 g/mol. The van der Waals surface area contributed by atoms with E-state index >= 15 is 0 Å². The Morgan fingerprint density at radius 1 is 1.24 bits per heavy atom. The first-order valence-corrected chi connectivity index (χ1v) is 8.69. The molecule has 1 aliphatic rings. The van der Waals surface area contributed by atoms with Crippen LogP contribution >= 0.6 is 10.7 Å². The third kappa shape index (κ3) is 3.41. The molecule has 0 saturated heterocycles. The predicted octanol–water partition coefficient (Wildman–Crippen LogP) is 1.91. The number of ether oxygens (including phenoxy) is 2. The number of carbonyl (C=O) groups is 1. The Hall–Kier alpha value is -1.47. The van der Waals surface area contributed by atoms with Gasteiger partial charge in [-0.3, -0.25) is 4.79 Å². The Balaban J connectivity index is 2.45. The third-order valence-electron chi connectivity index (χ3n) is 3.43. The number of benzene rings is 1. The van der Waals surface area contributed by atoms with Crippen molar-refractivity contribution >= 4 is 25.6 Å². The first kappa shape index (κ1) is 15.9. The number of hydrogen-bond donors (Lipinski definition) is 1. The van der Waals surface area contributed by atoms with Crippen LogP contribution in [-0.4, -0.2) is 34.6 Å². The van der Waals surface area contributed by atoms with Gasteiger partial charge in [-0.25, -0.2) is 8.42 Å². The Kier molecular flexibility index (Phi) is 4.63. The maximum Gasteiger partial charge on any atom is 0.265 e. The van der Waals surface area contributed by atoms with Gasteiger partial charge in [-0.05, 0) is 25.3 Å². The zero-order chi connectivity index (χ0) is 15.6. The van der Waals surface area contributed by atoms with E-state index in [9.17, 15) is 13.2 Å². The summed E-state index contributed by atoms with van der Waals surface area (Å²) in [5.74, 6) is -0.129. The van der Waals surface area contributed by atoms with Gasteiger partial charge in [0.1, 0.15) is 16.4 Å². The molecule has 116 valence electrons. The molecule has 1 aliphatic carbocycles. The summed E-state index contributed by atoms with van der Waals surface area (Å²) in [6.07, 6.45) is 2.92. The molecule has 0 aromatic heterocycles. The van der Waals surface area contributed by atoms with Crippen molar-refractivity contribution in [2.24, 2.45) is 0 Å². The van der Waals surface area contributed by atoms with Crippen molar-refractivity contribution in [2.75, 3.05) is 14.2 Å². The molecule has 6 nitrogen and oxygen atoms in total. The number of halogens is 1. The number of hydrogen-bond acceptors (Lipinski definition) is 5. The summed E-state index contributed by atoms with van der Waals surface area (Å²) in [5, 5.41) is 2.83. The lowest BCUT2D eigenvalue weighted by atomic mass is 9.93. The van der Waals surface area contributed by atoms with Gasteiger partial charge in [0.05, 0.1) is 19.8 Å². The van der Waals surface area contributed by atoms with Crippen LogP contribution in [0.5, 0.6) is 11.5 Å². The minimum absolute atomic E-state index is 0.0297. The average Bonchev–Trinajstić information content (AvgIpc) is 2.39. The maximum absolute atomic E-state index is 12.2. The second kappa shape index (κ2) is 6.11. The van der Waals surface area contributed by atoms with Crippen molar-refractivity contribution in [3.8, 4) is 11.5 Å². The van der Waals surface area contributed by atoms with E-state index in [4.69, 9.17) is 20.2 Å². The minimum Gasteiger partial charge on any atom is -0.496 e. The quantitative estimate of drug-likeness (QED) is 0.832. The Bertz CT molecular complexity index is 655. The van der Waals surface area contributed by atoms with E-state index in [2.05, 4.69) is 5.32 Å². The summed E-state index contributed by atoms with van der Waals surface area (Å²) in [4.78, 5) is 12.0. The van der Waals surface area contributed by atoms with E-state index in [1.807, 2.05) is 0 Å². The molecule has 21 heavy (non-hydrogen) atoms. The zero-order valence-corrected chi connectivity index (χ0v) is 13.3. The Morgan fingerprint density at radius 2 is 1.86 bits per heavy atom. The van der Waals surface area contributed by atoms with Crippen LogP contribution in [0.4, 0.5) is 0 Å². The fraction of sp³-hybridized carbons (Fsp3) is 0.462.